The maximum Gasteiger partial charge on any atom is 0.411 e. The molecule has 1 heterocycles. The number of Topliss-reactive ketones (excluding diaryl/α,β-unsaturated/α-hetero) is 1. The summed E-state index contributed by atoms with van der Waals surface area (Å²) in [5.41, 5.74) is 0. The van der Waals surface area contributed by atoms with Gasteiger partial charge in [0.2, 0.25) is 5.89 Å². The highest BCUT2D eigenvalue weighted by Gasteiger charge is 2.27. The van der Waals surface area contributed by atoms with Crippen molar-refractivity contribution in [3.05, 3.63) is 11.7 Å². The SMILES string of the molecule is CC(=O)C(C)c1nc(CCOCC(F)(F)F)no1. The first-order valence-corrected chi connectivity index (χ1v) is 5.27. The summed E-state index contributed by atoms with van der Waals surface area (Å²) in [6.07, 6.45) is -4.24. The third-order valence-electron chi connectivity index (χ3n) is 2.20. The molecule has 0 saturated carbocycles. The molecule has 0 aliphatic heterocycles. The second-order valence-corrected chi connectivity index (χ2v) is 3.80. The van der Waals surface area contributed by atoms with Gasteiger partial charge in [-0.1, -0.05) is 5.16 Å². The van der Waals surface area contributed by atoms with E-state index >= 15 is 0 Å². The van der Waals surface area contributed by atoms with Crippen LogP contribution < -0.4 is 0 Å². The Bertz CT molecular complexity index is 403. The van der Waals surface area contributed by atoms with Crippen molar-refractivity contribution in [1.29, 1.82) is 0 Å². The van der Waals surface area contributed by atoms with E-state index in [-0.39, 0.29) is 30.5 Å². The third-order valence-corrected chi connectivity index (χ3v) is 2.20. The highest BCUT2D eigenvalue weighted by Crippen LogP contribution is 2.15. The molecule has 18 heavy (non-hydrogen) atoms. The molecule has 1 unspecified atom stereocenters. The maximum atomic E-state index is 11.8. The molecule has 1 rings (SSSR count). The number of ether oxygens (including phenoxy) is 1. The van der Waals surface area contributed by atoms with Gasteiger partial charge in [-0.25, -0.2) is 0 Å². The van der Waals surface area contributed by atoms with Crippen LogP contribution >= 0.6 is 0 Å². The van der Waals surface area contributed by atoms with Crippen molar-refractivity contribution in [3.8, 4) is 0 Å². The van der Waals surface area contributed by atoms with E-state index < -0.39 is 18.7 Å². The number of aromatic nitrogens is 2. The molecule has 0 aliphatic rings. The minimum absolute atomic E-state index is 0.101. The molecule has 5 nitrogen and oxygen atoms in total. The lowest BCUT2D eigenvalue weighted by Crippen LogP contribution is -2.18. The topological polar surface area (TPSA) is 65.2 Å². The predicted molar refractivity (Wildman–Crippen MR) is 54.0 cm³/mol. The summed E-state index contributed by atoms with van der Waals surface area (Å²) in [7, 11) is 0. The van der Waals surface area contributed by atoms with Gasteiger partial charge in [0.05, 0.1) is 12.5 Å². The zero-order chi connectivity index (χ0) is 13.8. The van der Waals surface area contributed by atoms with Gasteiger partial charge >= 0.3 is 6.18 Å². The van der Waals surface area contributed by atoms with Crippen molar-refractivity contribution in [2.75, 3.05) is 13.2 Å². The Hall–Kier alpha value is -1.44. The largest absolute Gasteiger partial charge is 0.411 e. The molecule has 8 heteroatoms. The molecular weight excluding hydrogens is 253 g/mol. The number of nitrogens with zero attached hydrogens (tertiary/aromatic N) is 2. The fraction of sp³-hybridized carbons (Fsp3) is 0.700. The molecule has 0 spiro atoms. The van der Waals surface area contributed by atoms with E-state index in [1.165, 1.54) is 6.92 Å². The van der Waals surface area contributed by atoms with Gasteiger partial charge in [0.1, 0.15) is 12.4 Å². The first-order valence-electron chi connectivity index (χ1n) is 5.27. The Kier molecular flexibility index (Phi) is 4.83. The summed E-state index contributed by atoms with van der Waals surface area (Å²) >= 11 is 0. The average Bonchev–Trinajstić information content (AvgIpc) is 2.70. The summed E-state index contributed by atoms with van der Waals surface area (Å²) in [5.74, 6) is -0.255. The Morgan fingerprint density at radius 1 is 1.50 bits per heavy atom. The van der Waals surface area contributed by atoms with Gasteiger partial charge in [-0.05, 0) is 13.8 Å². The first-order chi connectivity index (χ1) is 8.29. The quantitative estimate of drug-likeness (QED) is 0.735. The van der Waals surface area contributed by atoms with Crippen LogP contribution in [-0.2, 0) is 16.0 Å². The van der Waals surface area contributed by atoms with Crippen molar-refractivity contribution in [1.82, 2.24) is 10.1 Å². The number of halogens is 3. The molecular formula is C10H13F3N2O3. The van der Waals surface area contributed by atoms with Crippen LogP contribution in [0.25, 0.3) is 0 Å². The van der Waals surface area contributed by atoms with Gasteiger partial charge < -0.3 is 9.26 Å². The van der Waals surface area contributed by atoms with Crippen LogP contribution in [0.5, 0.6) is 0 Å². The lowest BCUT2D eigenvalue weighted by molar-refractivity contribution is -0.173. The fourth-order valence-corrected chi connectivity index (χ4v) is 1.07. The standard InChI is InChI=1S/C10H13F3N2O3/c1-6(7(2)16)9-14-8(15-18-9)3-4-17-5-10(11,12)13/h6H,3-5H2,1-2H3. The third kappa shape index (κ3) is 4.82. The molecule has 102 valence electrons. The Morgan fingerprint density at radius 2 is 2.17 bits per heavy atom. The summed E-state index contributed by atoms with van der Waals surface area (Å²) in [6.45, 7) is 1.54. The summed E-state index contributed by atoms with van der Waals surface area (Å²) in [6, 6.07) is 0. The number of carbonyl (C=O) groups is 1. The molecule has 0 saturated heterocycles. The van der Waals surface area contributed by atoms with Crippen LogP contribution in [0.2, 0.25) is 0 Å². The number of hydrogen-bond donors (Lipinski definition) is 0. The molecule has 0 aromatic carbocycles. The molecule has 0 N–H and O–H groups in total. The monoisotopic (exact) mass is 266 g/mol. The van der Waals surface area contributed by atoms with Crippen molar-refractivity contribution in [3.63, 3.8) is 0 Å². The van der Waals surface area contributed by atoms with E-state index in [4.69, 9.17) is 4.52 Å². The van der Waals surface area contributed by atoms with Gasteiger partial charge in [-0.15, -0.1) is 0 Å². The lowest BCUT2D eigenvalue weighted by atomic mass is 10.1. The predicted octanol–water partition coefficient (Wildman–Crippen LogP) is 1.88. The summed E-state index contributed by atoms with van der Waals surface area (Å²) in [4.78, 5) is 15.0. The van der Waals surface area contributed by atoms with Crippen LogP contribution in [0.4, 0.5) is 13.2 Å². The number of ketones is 1. The van der Waals surface area contributed by atoms with Crippen LogP contribution in [-0.4, -0.2) is 35.3 Å². The van der Waals surface area contributed by atoms with Crippen LogP contribution in [0.3, 0.4) is 0 Å². The van der Waals surface area contributed by atoms with Gasteiger partial charge in [-0.3, -0.25) is 4.79 Å². The lowest BCUT2D eigenvalue weighted by Gasteiger charge is -2.05. The summed E-state index contributed by atoms with van der Waals surface area (Å²) in [5, 5.41) is 3.55. The minimum Gasteiger partial charge on any atom is -0.372 e. The molecule has 0 amide bonds. The second-order valence-electron chi connectivity index (χ2n) is 3.80. The number of hydrogen-bond acceptors (Lipinski definition) is 5. The Labute approximate surface area is 101 Å². The first kappa shape index (κ1) is 14.6. The van der Waals surface area contributed by atoms with Gasteiger partial charge in [0, 0.05) is 6.42 Å². The van der Waals surface area contributed by atoms with Crippen LogP contribution in [0, 0.1) is 0 Å². The zero-order valence-electron chi connectivity index (χ0n) is 9.95. The average molecular weight is 266 g/mol. The second kappa shape index (κ2) is 5.94. The van der Waals surface area contributed by atoms with E-state index in [2.05, 4.69) is 14.9 Å². The van der Waals surface area contributed by atoms with E-state index in [1.54, 1.807) is 6.92 Å². The minimum atomic E-state index is -4.34. The van der Waals surface area contributed by atoms with Crippen molar-refractivity contribution in [2.24, 2.45) is 0 Å². The van der Waals surface area contributed by atoms with Crippen LogP contribution in [0.1, 0.15) is 31.5 Å². The number of rotatable bonds is 6. The van der Waals surface area contributed by atoms with E-state index in [0.717, 1.165) is 0 Å². The normalized spacial score (nSPS) is 13.6. The molecule has 1 atom stereocenters. The molecule has 1 aromatic heterocycles. The smallest absolute Gasteiger partial charge is 0.372 e. The van der Waals surface area contributed by atoms with Gasteiger partial charge in [0.25, 0.3) is 0 Å². The molecule has 1 aromatic rings. The highest BCUT2D eigenvalue weighted by atomic mass is 19.4. The zero-order valence-corrected chi connectivity index (χ0v) is 9.95. The Balaban J connectivity index is 2.38. The number of carbonyl (C=O) groups excluding carboxylic acids is 1. The van der Waals surface area contributed by atoms with Crippen molar-refractivity contribution in [2.45, 2.75) is 32.4 Å². The maximum absolute atomic E-state index is 11.8. The highest BCUT2D eigenvalue weighted by molar-refractivity contribution is 5.81. The van der Waals surface area contributed by atoms with E-state index in [1.807, 2.05) is 0 Å². The molecule has 0 fully saturated rings. The van der Waals surface area contributed by atoms with E-state index in [0.29, 0.717) is 0 Å². The molecule has 0 aliphatic carbocycles. The number of alkyl halides is 3. The van der Waals surface area contributed by atoms with Crippen molar-refractivity contribution < 1.29 is 27.2 Å². The van der Waals surface area contributed by atoms with E-state index in [9.17, 15) is 18.0 Å². The molecule has 0 bridgehead atoms. The Morgan fingerprint density at radius 3 is 2.72 bits per heavy atom. The van der Waals surface area contributed by atoms with Crippen molar-refractivity contribution >= 4 is 5.78 Å². The summed E-state index contributed by atoms with van der Waals surface area (Å²) < 4.78 is 44.5. The van der Waals surface area contributed by atoms with Gasteiger partial charge in [0.15, 0.2) is 5.82 Å². The molecule has 0 radical (unpaired) electrons. The fourth-order valence-electron chi connectivity index (χ4n) is 1.07. The van der Waals surface area contributed by atoms with Crippen LogP contribution in [0.15, 0.2) is 4.52 Å². The van der Waals surface area contributed by atoms with Gasteiger partial charge in [-0.2, -0.15) is 18.2 Å².